The Kier molecular flexibility index (Phi) is 2.30. The molecule has 4 heteroatoms. The molecule has 0 aromatic heterocycles. The number of likely N-dealkylation sites (N-methyl/N-ethyl adjacent to an activating group) is 1. The first-order chi connectivity index (χ1) is 7.66. The first-order valence-electron chi connectivity index (χ1n) is 5.45. The SMILES string of the molecule is CN1C2CC1C(=O)N(c1cccc(Br)c1)C2. The number of nitrogens with zero attached hydrogens (tertiary/aromatic N) is 2. The minimum atomic E-state index is 0.109. The van der Waals surface area contributed by atoms with Crippen molar-refractivity contribution in [3.63, 3.8) is 0 Å². The van der Waals surface area contributed by atoms with Crippen molar-refractivity contribution in [1.82, 2.24) is 4.90 Å². The fraction of sp³-hybridized carbons (Fsp3) is 0.417. The lowest BCUT2D eigenvalue weighted by molar-refractivity contribution is -0.135. The normalized spacial score (nSPS) is 29.1. The van der Waals surface area contributed by atoms with E-state index >= 15 is 0 Å². The minimum Gasteiger partial charge on any atom is -0.309 e. The molecule has 1 amide bonds. The van der Waals surface area contributed by atoms with Crippen molar-refractivity contribution in [1.29, 1.82) is 0 Å². The quantitative estimate of drug-likeness (QED) is 0.784. The number of benzene rings is 1. The molecule has 2 atom stereocenters. The van der Waals surface area contributed by atoms with Crippen LogP contribution in [0.5, 0.6) is 0 Å². The number of hydrogen-bond acceptors (Lipinski definition) is 2. The maximum atomic E-state index is 12.2. The van der Waals surface area contributed by atoms with Gasteiger partial charge in [0, 0.05) is 22.7 Å². The van der Waals surface area contributed by atoms with E-state index in [1.807, 2.05) is 36.2 Å². The molecular formula is C12H13BrN2O. The lowest BCUT2D eigenvalue weighted by Crippen LogP contribution is -2.70. The van der Waals surface area contributed by atoms with Gasteiger partial charge in [-0.1, -0.05) is 22.0 Å². The minimum absolute atomic E-state index is 0.109. The fourth-order valence-corrected chi connectivity index (χ4v) is 2.93. The van der Waals surface area contributed by atoms with E-state index in [2.05, 4.69) is 20.8 Å². The average molecular weight is 281 g/mol. The molecule has 1 aromatic rings. The second kappa shape index (κ2) is 3.57. The molecular weight excluding hydrogens is 268 g/mol. The molecule has 3 heterocycles. The third-order valence-corrected chi connectivity index (χ3v) is 4.12. The highest BCUT2D eigenvalue weighted by atomic mass is 79.9. The van der Waals surface area contributed by atoms with Crippen LogP contribution in [0.25, 0.3) is 0 Å². The number of carbonyl (C=O) groups excluding carboxylic acids is 1. The summed E-state index contributed by atoms with van der Waals surface area (Å²) in [6.45, 7) is 0.822. The van der Waals surface area contributed by atoms with Crippen LogP contribution in [0.3, 0.4) is 0 Å². The van der Waals surface area contributed by atoms with Gasteiger partial charge in [0.2, 0.25) is 5.91 Å². The van der Waals surface area contributed by atoms with Crippen LogP contribution < -0.4 is 4.90 Å². The predicted octanol–water partition coefficient (Wildman–Crippen LogP) is 1.87. The number of piperazine rings is 1. The lowest BCUT2D eigenvalue weighted by Gasteiger charge is -2.53. The monoisotopic (exact) mass is 280 g/mol. The Hall–Kier alpha value is -0.870. The number of anilines is 1. The van der Waals surface area contributed by atoms with Gasteiger partial charge in [-0.3, -0.25) is 9.69 Å². The van der Waals surface area contributed by atoms with Gasteiger partial charge in [0.1, 0.15) is 0 Å². The summed E-state index contributed by atoms with van der Waals surface area (Å²) in [5.74, 6) is 0.239. The highest BCUT2D eigenvalue weighted by molar-refractivity contribution is 9.10. The Morgan fingerprint density at radius 3 is 2.88 bits per heavy atom. The topological polar surface area (TPSA) is 23.6 Å². The molecule has 0 saturated carbocycles. The number of hydrogen-bond donors (Lipinski definition) is 0. The third-order valence-electron chi connectivity index (χ3n) is 3.63. The van der Waals surface area contributed by atoms with Crippen LogP contribution in [0.2, 0.25) is 0 Å². The van der Waals surface area contributed by atoms with Crippen molar-refractivity contribution in [3.8, 4) is 0 Å². The summed E-state index contributed by atoms with van der Waals surface area (Å²) in [4.78, 5) is 16.2. The van der Waals surface area contributed by atoms with Crippen LogP contribution in [0.15, 0.2) is 28.7 Å². The molecule has 0 aliphatic carbocycles. The van der Waals surface area contributed by atoms with Gasteiger partial charge in [-0.25, -0.2) is 0 Å². The van der Waals surface area contributed by atoms with E-state index in [0.717, 1.165) is 23.1 Å². The Balaban J connectivity index is 1.89. The predicted molar refractivity (Wildman–Crippen MR) is 66.5 cm³/mol. The standard InChI is InChI=1S/C12H13BrN2O/c1-14-10-6-11(14)12(16)15(7-10)9-4-2-3-8(13)5-9/h2-5,10-11H,6-7H2,1H3. The molecule has 16 heavy (non-hydrogen) atoms. The fourth-order valence-electron chi connectivity index (χ4n) is 2.54. The van der Waals surface area contributed by atoms with Crippen LogP contribution in [-0.2, 0) is 4.79 Å². The first kappa shape index (κ1) is 10.3. The van der Waals surface area contributed by atoms with Crippen molar-refractivity contribution in [2.75, 3.05) is 18.5 Å². The summed E-state index contributed by atoms with van der Waals surface area (Å²) in [5.41, 5.74) is 1.00. The summed E-state index contributed by atoms with van der Waals surface area (Å²) in [6, 6.07) is 8.59. The summed E-state index contributed by atoms with van der Waals surface area (Å²) in [5, 5.41) is 0. The largest absolute Gasteiger partial charge is 0.309 e. The summed E-state index contributed by atoms with van der Waals surface area (Å²) in [7, 11) is 2.04. The number of fused-ring (bicyclic) bond motifs is 2. The van der Waals surface area contributed by atoms with E-state index in [9.17, 15) is 4.79 Å². The van der Waals surface area contributed by atoms with Gasteiger partial charge in [0.25, 0.3) is 0 Å². The van der Waals surface area contributed by atoms with Crippen LogP contribution >= 0.6 is 15.9 Å². The van der Waals surface area contributed by atoms with Crippen molar-refractivity contribution >= 4 is 27.5 Å². The zero-order valence-electron chi connectivity index (χ0n) is 9.06. The molecule has 3 aliphatic heterocycles. The molecule has 2 bridgehead atoms. The molecule has 0 spiro atoms. The summed E-state index contributed by atoms with van der Waals surface area (Å²) >= 11 is 3.44. The van der Waals surface area contributed by atoms with Crippen molar-refractivity contribution in [3.05, 3.63) is 28.7 Å². The maximum Gasteiger partial charge on any atom is 0.244 e. The van der Waals surface area contributed by atoms with Crippen LogP contribution in [0.4, 0.5) is 5.69 Å². The lowest BCUT2D eigenvalue weighted by atomic mass is 9.87. The Morgan fingerprint density at radius 1 is 1.44 bits per heavy atom. The highest BCUT2D eigenvalue weighted by Crippen LogP contribution is 2.34. The van der Waals surface area contributed by atoms with E-state index in [0.29, 0.717) is 6.04 Å². The van der Waals surface area contributed by atoms with Gasteiger partial charge >= 0.3 is 0 Å². The van der Waals surface area contributed by atoms with Gasteiger partial charge < -0.3 is 4.90 Å². The van der Waals surface area contributed by atoms with Crippen LogP contribution in [-0.4, -0.2) is 36.5 Å². The van der Waals surface area contributed by atoms with Gasteiger partial charge in [0.05, 0.1) is 6.04 Å². The molecule has 2 unspecified atom stereocenters. The van der Waals surface area contributed by atoms with E-state index in [1.54, 1.807) is 0 Å². The van der Waals surface area contributed by atoms with Gasteiger partial charge in [-0.15, -0.1) is 0 Å². The Bertz CT molecular complexity index is 448. The molecule has 1 aromatic carbocycles. The van der Waals surface area contributed by atoms with Crippen LogP contribution in [0, 0.1) is 0 Å². The third kappa shape index (κ3) is 1.40. The van der Waals surface area contributed by atoms with E-state index in [1.165, 1.54) is 0 Å². The number of amides is 1. The van der Waals surface area contributed by atoms with Gasteiger partial charge in [-0.05, 0) is 31.7 Å². The zero-order valence-corrected chi connectivity index (χ0v) is 10.6. The molecule has 3 fully saturated rings. The molecule has 4 rings (SSSR count). The second-order valence-electron chi connectivity index (χ2n) is 4.50. The van der Waals surface area contributed by atoms with Crippen molar-refractivity contribution in [2.45, 2.75) is 18.5 Å². The second-order valence-corrected chi connectivity index (χ2v) is 5.42. The van der Waals surface area contributed by atoms with E-state index < -0.39 is 0 Å². The number of piperidine rings is 1. The van der Waals surface area contributed by atoms with Crippen molar-refractivity contribution in [2.24, 2.45) is 0 Å². The van der Waals surface area contributed by atoms with E-state index in [4.69, 9.17) is 0 Å². The van der Waals surface area contributed by atoms with Gasteiger partial charge in [-0.2, -0.15) is 0 Å². The highest BCUT2D eigenvalue weighted by Gasteiger charge is 2.48. The smallest absolute Gasteiger partial charge is 0.244 e. The van der Waals surface area contributed by atoms with Crippen LogP contribution in [0.1, 0.15) is 6.42 Å². The molecule has 3 nitrogen and oxygen atoms in total. The first-order valence-corrected chi connectivity index (χ1v) is 6.25. The maximum absolute atomic E-state index is 12.2. The number of carbonyl (C=O) groups is 1. The molecule has 3 saturated heterocycles. The molecule has 3 aliphatic rings. The Labute approximate surface area is 103 Å². The summed E-state index contributed by atoms with van der Waals surface area (Å²) < 4.78 is 1.02. The zero-order chi connectivity index (χ0) is 11.3. The Morgan fingerprint density at radius 2 is 2.25 bits per heavy atom. The number of rotatable bonds is 1. The molecule has 84 valence electrons. The average Bonchev–Trinajstić information content (AvgIpc) is 2.27. The summed E-state index contributed by atoms with van der Waals surface area (Å²) in [6.07, 6.45) is 1.03. The molecule has 0 N–H and O–H groups in total. The van der Waals surface area contributed by atoms with Gasteiger partial charge in [0.15, 0.2) is 0 Å². The van der Waals surface area contributed by atoms with E-state index in [-0.39, 0.29) is 11.9 Å². The molecule has 0 radical (unpaired) electrons. The number of halogens is 1. The van der Waals surface area contributed by atoms with Crippen molar-refractivity contribution < 1.29 is 4.79 Å².